The smallest absolute Gasteiger partial charge is 0.0333 e. The van der Waals surface area contributed by atoms with E-state index < -0.39 is 0 Å². The summed E-state index contributed by atoms with van der Waals surface area (Å²) in [6, 6.07) is 0.530. The molecule has 2 atom stereocenters. The van der Waals surface area contributed by atoms with Gasteiger partial charge in [0.25, 0.3) is 0 Å². The fourth-order valence-corrected chi connectivity index (χ4v) is 0.359. The molecule has 3 nitrogen and oxygen atoms in total. The van der Waals surface area contributed by atoms with Gasteiger partial charge in [0.2, 0.25) is 0 Å². The van der Waals surface area contributed by atoms with Gasteiger partial charge >= 0.3 is 0 Å². The lowest BCUT2D eigenvalue weighted by Crippen LogP contribution is -2.46. The van der Waals surface area contributed by atoms with Gasteiger partial charge in [0.05, 0.1) is 0 Å². The predicted octanol–water partition coefficient (Wildman–Crippen LogP) is -0.554. The van der Waals surface area contributed by atoms with E-state index in [1.165, 1.54) is 0 Å². The van der Waals surface area contributed by atoms with Crippen LogP contribution in [0.3, 0.4) is 0 Å². The molecule has 0 rings (SSSR count). The minimum absolute atomic E-state index is 0.197. The first-order valence-corrected chi connectivity index (χ1v) is 2.86. The van der Waals surface area contributed by atoms with Gasteiger partial charge in [-0.15, -0.1) is 0 Å². The summed E-state index contributed by atoms with van der Waals surface area (Å²) in [6.07, 6.45) is 0. The molecule has 0 fully saturated rings. The van der Waals surface area contributed by atoms with Crippen molar-refractivity contribution in [1.29, 1.82) is 0 Å². The quantitative estimate of drug-likeness (QED) is 0.435. The van der Waals surface area contributed by atoms with E-state index in [2.05, 4.69) is 10.9 Å². The Balaban J connectivity index is 3.17. The van der Waals surface area contributed by atoms with Crippen LogP contribution in [0.4, 0.5) is 0 Å². The molecule has 0 bridgehead atoms. The van der Waals surface area contributed by atoms with E-state index in [9.17, 15) is 0 Å². The van der Waals surface area contributed by atoms with Gasteiger partial charge in [-0.3, -0.25) is 10.9 Å². The number of hydrazine groups is 1. The van der Waals surface area contributed by atoms with E-state index in [0.717, 1.165) is 0 Å². The Bertz CT molecular complexity index is 53.6. The summed E-state index contributed by atoms with van der Waals surface area (Å²) in [7, 11) is 1.83. The molecule has 0 spiro atoms. The van der Waals surface area contributed by atoms with Gasteiger partial charge in [-0.25, -0.2) is 0 Å². The van der Waals surface area contributed by atoms with Crippen LogP contribution in [0.2, 0.25) is 0 Å². The standard InChI is InChI=1S/C5H15N3/c1-4(6)5(2)8-7-3/h4-5,7-8H,6H2,1-3H3/t4-,5?/m0/s1. The maximum Gasteiger partial charge on any atom is 0.0333 e. The van der Waals surface area contributed by atoms with Crippen molar-refractivity contribution in [3.05, 3.63) is 0 Å². The molecule has 0 aromatic carbocycles. The Labute approximate surface area is 50.6 Å². The monoisotopic (exact) mass is 117 g/mol. The van der Waals surface area contributed by atoms with Crippen LogP contribution in [-0.4, -0.2) is 19.1 Å². The van der Waals surface area contributed by atoms with Crippen LogP contribution in [0, 0.1) is 0 Å². The first-order valence-electron chi connectivity index (χ1n) is 2.86. The highest BCUT2D eigenvalue weighted by Gasteiger charge is 2.02. The van der Waals surface area contributed by atoms with Crippen molar-refractivity contribution in [3.63, 3.8) is 0 Å². The van der Waals surface area contributed by atoms with Crippen LogP contribution in [-0.2, 0) is 0 Å². The van der Waals surface area contributed by atoms with Crippen LogP contribution < -0.4 is 16.6 Å². The summed E-state index contributed by atoms with van der Waals surface area (Å²) in [5.74, 6) is 0. The van der Waals surface area contributed by atoms with Gasteiger partial charge in [0, 0.05) is 12.1 Å². The third kappa shape index (κ3) is 2.96. The lowest BCUT2D eigenvalue weighted by Gasteiger charge is -2.15. The average molecular weight is 117 g/mol. The minimum atomic E-state index is 0.197. The minimum Gasteiger partial charge on any atom is -0.327 e. The van der Waals surface area contributed by atoms with Gasteiger partial charge in [-0.1, -0.05) is 0 Å². The molecule has 0 aliphatic heterocycles. The molecule has 0 aromatic heterocycles. The van der Waals surface area contributed by atoms with E-state index in [0.29, 0.717) is 6.04 Å². The highest BCUT2D eigenvalue weighted by atomic mass is 15.4. The Morgan fingerprint density at radius 2 is 1.88 bits per heavy atom. The van der Waals surface area contributed by atoms with E-state index >= 15 is 0 Å². The van der Waals surface area contributed by atoms with Crippen LogP contribution in [0.5, 0.6) is 0 Å². The SMILES string of the molecule is CNNC(C)[C@H](C)N. The normalized spacial score (nSPS) is 18.0. The van der Waals surface area contributed by atoms with Gasteiger partial charge in [0.1, 0.15) is 0 Å². The zero-order valence-corrected chi connectivity index (χ0v) is 5.73. The first-order chi connectivity index (χ1) is 3.68. The number of rotatable bonds is 3. The van der Waals surface area contributed by atoms with E-state index in [1.54, 1.807) is 0 Å². The molecule has 0 heterocycles. The Kier molecular flexibility index (Phi) is 3.77. The molecular weight excluding hydrogens is 102 g/mol. The van der Waals surface area contributed by atoms with E-state index in [-0.39, 0.29) is 6.04 Å². The highest BCUT2D eigenvalue weighted by Crippen LogP contribution is 1.82. The number of hydrogen-bond acceptors (Lipinski definition) is 3. The largest absolute Gasteiger partial charge is 0.327 e. The van der Waals surface area contributed by atoms with Crippen LogP contribution in [0.25, 0.3) is 0 Å². The van der Waals surface area contributed by atoms with E-state index in [4.69, 9.17) is 5.73 Å². The number of hydrogen-bond donors (Lipinski definition) is 3. The molecule has 0 aliphatic carbocycles. The second-order valence-electron chi connectivity index (χ2n) is 2.04. The van der Waals surface area contributed by atoms with Crippen LogP contribution >= 0.6 is 0 Å². The molecule has 0 saturated carbocycles. The van der Waals surface area contributed by atoms with Crippen molar-refractivity contribution < 1.29 is 0 Å². The second-order valence-corrected chi connectivity index (χ2v) is 2.04. The summed E-state index contributed by atoms with van der Waals surface area (Å²) in [4.78, 5) is 0. The summed E-state index contributed by atoms with van der Waals surface area (Å²) < 4.78 is 0. The van der Waals surface area contributed by atoms with Gasteiger partial charge < -0.3 is 5.73 Å². The van der Waals surface area contributed by atoms with Crippen LogP contribution in [0.15, 0.2) is 0 Å². The molecular formula is C5H15N3. The van der Waals surface area contributed by atoms with Crippen molar-refractivity contribution >= 4 is 0 Å². The first kappa shape index (κ1) is 7.88. The number of nitrogens with two attached hydrogens (primary N) is 1. The van der Waals surface area contributed by atoms with Crippen molar-refractivity contribution in [3.8, 4) is 0 Å². The molecule has 0 radical (unpaired) electrons. The topological polar surface area (TPSA) is 50.1 Å². The second kappa shape index (κ2) is 3.83. The Morgan fingerprint density at radius 3 is 2.00 bits per heavy atom. The van der Waals surface area contributed by atoms with Crippen molar-refractivity contribution in [2.24, 2.45) is 5.73 Å². The molecule has 0 aromatic rings. The van der Waals surface area contributed by atoms with Crippen molar-refractivity contribution in [2.75, 3.05) is 7.05 Å². The fourth-order valence-electron chi connectivity index (χ4n) is 0.359. The van der Waals surface area contributed by atoms with Crippen molar-refractivity contribution in [2.45, 2.75) is 25.9 Å². The molecule has 50 valence electrons. The van der Waals surface area contributed by atoms with Gasteiger partial charge in [0.15, 0.2) is 0 Å². The maximum atomic E-state index is 5.52. The fraction of sp³-hybridized carbons (Fsp3) is 1.00. The predicted molar refractivity (Wildman–Crippen MR) is 35.3 cm³/mol. The highest BCUT2D eigenvalue weighted by molar-refractivity contribution is 4.66. The average Bonchev–Trinajstić information content (AvgIpc) is 1.67. The lowest BCUT2D eigenvalue weighted by molar-refractivity contribution is 0.434. The maximum absolute atomic E-state index is 5.52. The summed E-state index contributed by atoms with van der Waals surface area (Å²) in [5, 5.41) is 0. The lowest BCUT2D eigenvalue weighted by atomic mass is 10.2. The van der Waals surface area contributed by atoms with Gasteiger partial charge in [-0.05, 0) is 20.9 Å². The molecule has 0 aliphatic rings. The Hall–Kier alpha value is -0.120. The Morgan fingerprint density at radius 1 is 1.38 bits per heavy atom. The molecule has 0 amide bonds. The molecule has 0 saturated heterocycles. The summed E-state index contributed by atoms with van der Waals surface area (Å²) >= 11 is 0. The molecule has 4 N–H and O–H groups in total. The summed E-state index contributed by atoms with van der Waals surface area (Å²) in [6.45, 7) is 4.00. The van der Waals surface area contributed by atoms with Crippen molar-refractivity contribution in [1.82, 2.24) is 10.9 Å². The zero-order chi connectivity index (χ0) is 6.57. The summed E-state index contributed by atoms with van der Waals surface area (Å²) in [5.41, 5.74) is 11.3. The molecule has 8 heavy (non-hydrogen) atoms. The van der Waals surface area contributed by atoms with E-state index in [1.807, 2.05) is 20.9 Å². The zero-order valence-electron chi connectivity index (χ0n) is 5.73. The third-order valence-corrected chi connectivity index (χ3v) is 1.16. The van der Waals surface area contributed by atoms with Gasteiger partial charge in [-0.2, -0.15) is 0 Å². The molecule has 3 heteroatoms. The third-order valence-electron chi connectivity index (χ3n) is 1.16. The number of nitrogens with one attached hydrogen (secondary N) is 2. The van der Waals surface area contributed by atoms with Crippen LogP contribution in [0.1, 0.15) is 13.8 Å². The molecule has 1 unspecified atom stereocenters.